The number of hydrogen-bond donors (Lipinski definition) is 3. The van der Waals surface area contributed by atoms with Crippen LogP contribution in [0.15, 0.2) is 12.3 Å². The average molecular weight is 243 g/mol. The van der Waals surface area contributed by atoms with E-state index >= 15 is 0 Å². The first-order valence-electron chi connectivity index (χ1n) is 4.56. The lowest BCUT2D eigenvalue weighted by atomic mass is 10.2. The second-order valence-electron chi connectivity index (χ2n) is 2.92. The van der Waals surface area contributed by atoms with Gasteiger partial charge in [0.15, 0.2) is 11.6 Å². The molecule has 1 rings (SSSR count). The molecular formula is C9H10FN3O4. The van der Waals surface area contributed by atoms with Crippen molar-refractivity contribution in [2.75, 3.05) is 18.5 Å². The highest BCUT2D eigenvalue weighted by molar-refractivity contribution is 5.88. The Kier molecular flexibility index (Phi) is 4.21. The molecule has 92 valence electrons. The molecular weight excluding hydrogens is 233 g/mol. The SMILES string of the molecule is NC(=O)OCCNc1nccc(C(=O)O)c1F. The van der Waals surface area contributed by atoms with Gasteiger partial charge in [0, 0.05) is 6.20 Å². The number of nitrogens with zero attached hydrogens (tertiary/aromatic N) is 1. The third-order valence-corrected chi connectivity index (χ3v) is 1.76. The number of rotatable bonds is 5. The summed E-state index contributed by atoms with van der Waals surface area (Å²) in [6.45, 7) is -0.0102. The van der Waals surface area contributed by atoms with E-state index in [4.69, 9.17) is 10.8 Å². The monoisotopic (exact) mass is 243 g/mol. The molecule has 1 amide bonds. The van der Waals surface area contributed by atoms with E-state index in [0.717, 1.165) is 12.3 Å². The molecule has 0 aliphatic rings. The first-order valence-corrected chi connectivity index (χ1v) is 4.56. The number of primary amides is 1. The van der Waals surface area contributed by atoms with E-state index in [1.165, 1.54) is 0 Å². The third-order valence-electron chi connectivity index (χ3n) is 1.76. The van der Waals surface area contributed by atoms with Crippen LogP contribution in [0, 0.1) is 5.82 Å². The Morgan fingerprint density at radius 3 is 2.88 bits per heavy atom. The van der Waals surface area contributed by atoms with Crippen LogP contribution in [0.25, 0.3) is 0 Å². The van der Waals surface area contributed by atoms with Crippen LogP contribution in [0.1, 0.15) is 10.4 Å². The number of carboxylic acids is 1. The van der Waals surface area contributed by atoms with Gasteiger partial charge in [0.05, 0.1) is 6.54 Å². The molecule has 0 saturated heterocycles. The number of pyridine rings is 1. The summed E-state index contributed by atoms with van der Waals surface area (Å²) in [6.07, 6.45) is 0.212. The van der Waals surface area contributed by atoms with Crippen molar-refractivity contribution in [1.82, 2.24) is 4.98 Å². The maximum atomic E-state index is 13.5. The molecule has 0 atom stereocenters. The fourth-order valence-electron chi connectivity index (χ4n) is 1.05. The number of carboxylic acid groups (broad SMARTS) is 1. The normalized spacial score (nSPS) is 9.71. The summed E-state index contributed by atoms with van der Waals surface area (Å²) in [5.41, 5.74) is 4.22. The molecule has 8 heteroatoms. The van der Waals surface area contributed by atoms with Gasteiger partial charge in [-0.2, -0.15) is 0 Å². The lowest BCUT2D eigenvalue weighted by Gasteiger charge is -2.07. The van der Waals surface area contributed by atoms with Gasteiger partial charge >= 0.3 is 12.1 Å². The second-order valence-corrected chi connectivity index (χ2v) is 2.92. The van der Waals surface area contributed by atoms with Gasteiger partial charge < -0.3 is 20.9 Å². The summed E-state index contributed by atoms with van der Waals surface area (Å²) in [5, 5.41) is 11.1. The number of halogens is 1. The van der Waals surface area contributed by atoms with Gasteiger partial charge in [-0.25, -0.2) is 19.0 Å². The summed E-state index contributed by atoms with van der Waals surface area (Å²) in [5.74, 6) is -2.58. The van der Waals surface area contributed by atoms with E-state index in [0.29, 0.717) is 0 Å². The van der Waals surface area contributed by atoms with Crippen molar-refractivity contribution < 1.29 is 23.8 Å². The number of hydrogen-bond acceptors (Lipinski definition) is 5. The zero-order valence-corrected chi connectivity index (χ0v) is 8.64. The number of nitrogens with two attached hydrogens (primary N) is 1. The highest BCUT2D eigenvalue weighted by atomic mass is 19.1. The van der Waals surface area contributed by atoms with Crippen LogP contribution in [0.4, 0.5) is 15.0 Å². The van der Waals surface area contributed by atoms with Crippen molar-refractivity contribution >= 4 is 17.9 Å². The molecule has 17 heavy (non-hydrogen) atoms. The van der Waals surface area contributed by atoms with Gasteiger partial charge in [-0.1, -0.05) is 0 Å². The van der Waals surface area contributed by atoms with Crippen LogP contribution in [0.3, 0.4) is 0 Å². The van der Waals surface area contributed by atoms with Crippen molar-refractivity contribution in [3.63, 3.8) is 0 Å². The lowest BCUT2D eigenvalue weighted by molar-refractivity contribution is 0.0691. The van der Waals surface area contributed by atoms with Gasteiger partial charge in [-0.3, -0.25) is 0 Å². The molecule has 1 heterocycles. The molecule has 1 aromatic rings. The van der Waals surface area contributed by atoms with Gasteiger partial charge in [0.25, 0.3) is 0 Å². The molecule has 0 saturated carbocycles. The Balaban J connectivity index is 2.62. The zero-order valence-electron chi connectivity index (χ0n) is 8.64. The van der Waals surface area contributed by atoms with Crippen molar-refractivity contribution in [3.8, 4) is 0 Å². The Morgan fingerprint density at radius 2 is 2.29 bits per heavy atom. The Labute approximate surface area is 95.4 Å². The number of nitrogens with one attached hydrogen (secondary N) is 1. The number of amides is 1. The Bertz CT molecular complexity index is 438. The number of aromatic carboxylic acids is 1. The molecule has 7 nitrogen and oxygen atoms in total. The van der Waals surface area contributed by atoms with Crippen LogP contribution >= 0.6 is 0 Å². The number of ether oxygens (including phenoxy) is 1. The van der Waals surface area contributed by atoms with Crippen LogP contribution in [0.2, 0.25) is 0 Å². The molecule has 0 aliphatic heterocycles. The van der Waals surface area contributed by atoms with Crippen LogP contribution in [0.5, 0.6) is 0 Å². The largest absolute Gasteiger partial charge is 0.478 e. The van der Waals surface area contributed by atoms with Crippen molar-refractivity contribution in [2.24, 2.45) is 5.73 Å². The summed E-state index contributed by atoms with van der Waals surface area (Å²) in [4.78, 5) is 24.5. The summed E-state index contributed by atoms with van der Waals surface area (Å²) in [6, 6.07) is 1.04. The standard InChI is InChI=1S/C9H10FN3O4/c10-6-5(8(14)15)1-2-12-7(6)13-3-4-17-9(11)16/h1-2H,3-4H2,(H2,11,16)(H,12,13)(H,14,15). The molecule has 0 radical (unpaired) electrons. The maximum absolute atomic E-state index is 13.5. The maximum Gasteiger partial charge on any atom is 0.404 e. The Hall–Kier alpha value is -2.38. The summed E-state index contributed by atoms with van der Waals surface area (Å²) >= 11 is 0. The molecule has 0 fully saturated rings. The molecule has 1 aromatic heterocycles. The van der Waals surface area contributed by atoms with Crippen molar-refractivity contribution in [2.45, 2.75) is 0 Å². The minimum Gasteiger partial charge on any atom is -0.478 e. The van der Waals surface area contributed by atoms with E-state index in [1.54, 1.807) is 0 Å². The zero-order chi connectivity index (χ0) is 12.8. The highest BCUT2D eigenvalue weighted by Crippen LogP contribution is 2.14. The average Bonchev–Trinajstić information content (AvgIpc) is 2.25. The summed E-state index contributed by atoms with van der Waals surface area (Å²) in [7, 11) is 0. The topological polar surface area (TPSA) is 115 Å². The molecule has 4 N–H and O–H groups in total. The van der Waals surface area contributed by atoms with E-state index < -0.39 is 23.4 Å². The number of aromatic nitrogens is 1. The molecule has 0 aromatic carbocycles. The van der Waals surface area contributed by atoms with Gasteiger partial charge in [-0.15, -0.1) is 0 Å². The molecule has 0 aliphatic carbocycles. The van der Waals surface area contributed by atoms with Crippen LogP contribution in [-0.2, 0) is 4.74 Å². The van der Waals surface area contributed by atoms with Gasteiger partial charge in [0.2, 0.25) is 0 Å². The quantitative estimate of drug-likeness (QED) is 0.646. The van der Waals surface area contributed by atoms with Crippen LogP contribution < -0.4 is 11.1 Å². The van der Waals surface area contributed by atoms with Crippen molar-refractivity contribution in [3.05, 3.63) is 23.6 Å². The fourth-order valence-corrected chi connectivity index (χ4v) is 1.05. The number of carbonyl (C=O) groups excluding carboxylic acids is 1. The summed E-state index contributed by atoms with van der Waals surface area (Å²) < 4.78 is 17.9. The van der Waals surface area contributed by atoms with E-state index in [9.17, 15) is 14.0 Å². The first-order chi connectivity index (χ1) is 8.02. The predicted octanol–water partition coefficient (Wildman–Crippen LogP) is 0.426. The minimum atomic E-state index is -1.39. The molecule has 0 bridgehead atoms. The number of carbonyl (C=O) groups is 2. The van der Waals surface area contributed by atoms with E-state index in [2.05, 4.69) is 15.0 Å². The molecule has 0 unspecified atom stereocenters. The smallest absolute Gasteiger partial charge is 0.404 e. The predicted molar refractivity (Wildman–Crippen MR) is 55.2 cm³/mol. The van der Waals surface area contributed by atoms with Crippen LogP contribution in [-0.4, -0.2) is 35.3 Å². The van der Waals surface area contributed by atoms with Gasteiger partial charge in [0.1, 0.15) is 12.2 Å². The third kappa shape index (κ3) is 3.59. The minimum absolute atomic E-state index is 0.0654. The Morgan fingerprint density at radius 1 is 1.59 bits per heavy atom. The van der Waals surface area contributed by atoms with Gasteiger partial charge in [-0.05, 0) is 6.07 Å². The second kappa shape index (κ2) is 5.64. The number of anilines is 1. The van der Waals surface area contributed by atoms with Crippen molar-refractivity contribution in [1.29, 1.82) is 0 Å². The van der Waals surface area contributed by atoms with E-state index in [1.807, 2.05) is 0 Å². The van der Waals surface area contributed by atoms with E-state index in [-0.39, 0.29) is 19.0 Å². The lowest BCUT2D eigenvalue weighted by Crippen LogP contribution is -2.19. The first kappa shape index (κ1) is 12.7. The fraction of sp³-hybridized carbons (Fsp3) is 0.222. The molecule has 0 spiro atoms. The highest BCUT2D eigenvalue weighted by Gasteiger charge is 2.14.